The van der Waals surface area contributed by atoms with Crippen LogP contribution in [0.15, 0.2) is 48.8 Å². The minimum absolute atomic E-state index is 0.156. The zero-order chi connectivity index (χ0) is 15.6. The van der Waals surface area contributed by atoms with Crippen molar-refractivity contribution in [1.29, 1.82) is 0 Å². The Morgan fingerprint density at radius 1 is 1.23 bits per heavy atom. The molecule has 2 rings (SSSR count). The summed E-state index contributed by atoms with van der Waals surface area (Å²) in [4.78, 5) is 16.2. The number of ether oxygens (including phenoxy) is 2. The summed E-state index contributed by atoms with van der Waals surface area (Å²) in [5.41, 5.74) is 0.503. The fourth-order valence-corrected chi connectivity index (χ4v) is 1.89. The van der Waals surface area contributed by atoms with E-state index in [2.05, 4.69) is 10.3 Å². The Kier molecular flexibility index (Phi) is 6.39. The SMILES string of the molecule is CCOCCCNC(=O)c1ccccc1Oc1cccnc1. The van der Waals surface area contributed by atoms with E-state index in [1.165, 1.54) is 0 Å². The van der Waals surface area contributed by atoms with Crippen LogP contribution in [0, 0.1) is 0 Å². The molecule has 1 aromatic heterocycles. The third kappa shape index (κ3) is 4.86. The van der Waals surface area contributed by atoms with Gasteiger partial charge in [-0.25, -0.2) is 0 Å². The Bertz CT molecular complexity index is 587. The van der Waals surface area contributed by atoms with Crippen molar-refractivity contribution >= 4 is 5.91 Å². The summed E-state index contributed by atoms with van der Waals surface area (Å²) in [5.74, 6) is 0.952. The highest BCUT2D eigenvalue weighted by Gasteiger charge is 2.12. The molecule has 0 atom stereocenters. The van der Waals surface area contributed by atoms with Gasteiger partial charge in [-0.2, -0.15) is 0 Å². The lowest BCUT2D eigenvalue weighted by molar-refractivity contribution is 0.0942. The number of carbonyl (C=O) groups is 1. The van der Waals surface area contributed by atoms with E-state index in [-0.39, 0.29) is 5.91 Å². The maximum atomic E-state index is 12.2. The summed E-state index contributed by atoms with van der Waals surface area (Å²) in [6, 6.07) is 10.7. The number of hydrogen-bond donors (Lipinski definition) is 1. The second kappa shape index (κ2) is 8.79. The third-order valence-corrected chi connectivity index (χ3v) is 2.95. The summed E-state index contributed by atoms with van der Waals surface area (Å²) >= 11 is 0. The molecule has 0 radical (unpaired) electrons. The van der Waals surface area contributed by atoms with E-state index in [4.69, 9.17) is 9.47 Å². The van der Waals surface area contributed by atoms with Crippen molar-refractivity contribution in [2.45, 2.75) is 13.3 Å². The fraction of sp³-hybridized carbons (Fsp3) is 0.294. The van der Waals surface area contributed by atoms with Gasteiger partial charge in [-0.05, 0) is 37.6 Å². The minimum Gasteiger partial charge on any atom is -0.455 e. The topological polar surface area (TPSA) is 60.5 Å². The molecule has 0 saturated heterocycles. The number of para-hydroxylation sites is 1. The molecule has 1 aromatic carbocycles. The lowest BCUT2D eigenvalue weighted by atomic mass is 10.2. The maximum absolute atomic E-state index is 12.2. The molecule has 22 heavy (non-hydrogen) atoms. The first kappa shape index (κ1) is 16.0. The summed E-state index contributed by atoms with van der Waals surface area (Å²) in [6.45, 7) is 3.85. The average molecular weight is 300 g/mol. The van der Waals surface area contributed by atoms with Crippen molar-refractivity contribution in [3.8, 4) is 11.5 Å². The Balaban J connectivity index is 1.97. The molecular formula is C17H20N2O3. The second-order valence-electron chi connectivity index (χ2n) is 4.59. The standard InChI is InChI=1S/C17H20N2O3/c1-2-21-12-6-11-19-17(20)15-8-3-4-9-16(15)22-14-7-5-10-18-13-14/h3-5,7-10,13H,2,6,11-12H2,1H3,(H,19,20). The van der Waals surface area contributed by atoms with Crippen LogP contribution < -0.4 is 10.1 Å². The second-order valence-corrected chi connectivity index (χ2v) is 4.59. The van der Waals surface area contributed by atoms with Gasteiger partial charge in [0, 0.05) is 26.0 Å². The lowest BCUT2D eigenvalue weighted by Crippen LogP contribution is -2.25. The fourth-order valence-electron chi connectivity index (χ4n) is 1.89. The first-order valence-electron chi connectivity index (χ1n) is 7.34. The Hall–Kier alpha value is -2.40. The van der Waals surface area contributed by atoms with E-state index in [9.17, 15) is 4.79 Å². The van der Waals surface area contributed by atoms with Gasteiger partial charge in [0.25, 0.3) is 5.91 Å². The van der Waals surface area contributed by atoms with Crippen LogP contribution in [0.25, 0.3) is 0 Å². The van der Waals surface area contributed by atoms with Gasteiger partial charge in [0.05, 0.1) is 11.8 Å². The van der Waals surface area contributed by atoms with E-state index in [0.717, 1.165) is 6.42 Å². The van der Waals surface area contributed by atoms with Crippen LogP contribution in [0.3, 0.4) is 0 Å². The summed E-state index contributed by atoms with van der Waals surface area (Å²) in [6.07, 6.45) is 4.06. The van der Waals surface area contributed by atoms with E-state index < -0.39 is 0 Å². The summed E-state index contributed by atoms with van der Waals surface area (Å²) in [5, 5.41) is 2.87. The van der Waals surface area contributed by atoms with E-state index >= 15 is 0 Å². The van der Waals surface area contributed by atoms with Crippen molar-refractivity contribution < 1.29 is 14.3 Å². The van der Waals surface area contributed by atoms with Crippen LogP contribution in [0.1, 0.15) is 23.7 Å². The number of rotatable bonds is 8. The predicted octanol–water partition coefficient (Wildman–Crippen LogP) is 3.03. The molecule has 0 spiro atoms. The third-order valence-electron chi connectivity index (χ3n) is 2.95. The zero-order valence-electron chi connectivity index (χ0n) is 12.6. The predicted molar refractivity (Wildman–Crippen MR) is 84.2 cm³/mol. The number of hydrogen-bond acceptors (Lipinski definition) is 4. The molecule has 5 nitrogen and oxygen atoms in total. The van der Waals surface area contributed by atoms with Gasteiger partial charge < -0.3 is 14.8 Å². The van der Waals surface area contributed by atoms with Crippen LogP contribution >= 0.6 is 0 Å². The van der Waals surface area contributed by atoms with Gasteiger partial charge in [0.2, 0.25) is 0 Å². The molecule has 2 aromatic rings. The van der Waals surface area contributed by atoms with Crippen molar-refractivity contribution in [2.24, 2.45) is 0 Å². The van der Waals surface area contributed by atoms with Crippen LogP contribution in [0.2, 0.25) is 0 Å². The molecule has 0 aliphatic carbocycles. The van der Waals surface area contributed by atoms with Gasteiger partial charge in [0.15, 0.2) is 0 Å². The molecule has 116 valence electrons. The van der Waals surface area contributed by atoms with Crippen molar-refractivity contribution in [1.82, 2.24) is 10.3 Å². The molecule has 0 aliphatic heterocycles. The van der Waals surface area contributed by atoms with Crippen molar-refractivity contribution in [2.75, 3.05) is 19.8 Å². The van der Waals surface area contributed by atoms with Gasteiger partial charge in [0.1, 0.15) is 11.5 Å². The highest BCUT2D eigenvalue weighted by atomic mass is 16.5. The number of benzene rings is 1. The molecular weight excluding hydrogens is 280 g/mol. The van der Waals surface area contributed by atoms with E-state index in [1.54, 1.807) is 36.7 Å². The maximum Gasteiger partial charge on any atom is 0.255 e. The van der Waals surface area contributed by atoms with Crippen LogP contribution in [0.4, 0.5) is 0 Å². The Morgan fingerprint density at radius 2 is 2.09 bits per heavy atom. The molecule has 5 heteroatoms. The highest BCUT2D eigenvalue weighted by molar-refractivity contribution is 5.96. The molecule has 1 N–H and O–H groups in total. The largest absolute Gasteiger partial charge is 0.455 e. The number of nitrogens with zero attached hydrogens (tertiary/aromatic N) is 1. The van der Waals surface area contributed by atoms with Crippen LogP contribution in [0.5, 0.6) is 11.5 Å². The quantitative estimate of drug-likeness (QED) is 0.761. The molecule has 0 aliphatic rings. The van der Waals surface area contributed by atoms with Crippen LogP contribution in [-0.2, 0) is 4.74 Å². The molecule has 0 bridgehead atoms. The van der Waals surface area contributed by atoms with Crippen LogP contribution in [-0.4, -0.2) is 30.6 Å². The van der Waals surface area contributed by atoms with E-state index in [1.807, 2.05) is 19.1 Å². The summed E-state index contributed by atoms with van der Waals surface area (Å²) in [7, 11) is 0. The summed E-state index contributed by atoms with van der Waals surface area (Å²) < 4.78 is 11.0. The van der Waals surface area contributed by atoms with Gasteiger partial charge >= 0.3 is 0 Å². The van der Waals surface area contributed by atoms with Crippen molar-refractivity contribution in [3.05, 3.63) is 54.4 Å². The lowest BCUT2D eigenvalue weighted by Gasteiger charge is -2.11. The first-order valence-corrected chi connectivity index (χ1v) is 7.34. The molecule has 0 saturated carbocycles. The number of nitrogens with one attached hydrogen (secondary N) is 1. The van der Waals surface area contributed by atoms with Gasteiger partial charge in [-0.15, -0.1) is 0 Å². The smallest absolute Gasteiger partial charge is 0.255 e. The normalized spacial score (nSPS) is 10.2. The van der Waals surface area contributed by atoms with E-state index in [0.29, 0.717) is 36.8 Å². The zero-order valence-corrected chi connectivity index (χ0v) is 12.6. The molecule has 0 fully saturated rings. The molecule has 0 unspecified atom stereocenters. The average Bonchev–Trinajstić information content (AvgIpc) is 2.56. The molecule has 1 heterocycles. The number of pyridine rings is 1. The first-order chi connectivity index (χ1) is 10.8. The number of amides is 1. The van der Waals surface area contributed by atoms with Crippen molar-refractivity contribution in [3.63, 3.8) is 0 Å². The number of carbonyl (C=O) groups excluding carboxylic acids is 1. The molecule has 1 amide bonds. The Labute approximate surface area is 130 Å². The number of aromatic nitrogens is 1. The van der Waals surface area contributed by atoms with Gasteiger partial charge in [-0.3, -0.25) is 9.78 Å². The minimum atomic E-state index is -0.156. The monoisotopic (exact) mass is 300 g/mol. The highest BCUT2D eigenvalue weighted by Crippen LogP contribution is 2.24. The van der Waals surface area contributed by atoms with Gasteiger partial charge in [-0.1, -0.05) is 12.1 Å². The Morgan fingerprint density at radius 3 is 2.86 bits per heavy atom.